The fourth-order valence-electron chi connectivity index (χ4n) is 3.03. The Morgan fingerprint density at radius 2 is 2.04 bits per heavy atom. The fraction of sp³-hybridized carbons (Fsp3) is 0.353. The van der Waals surface area contributed by atoms with E-state index in [0.29, 0.717) is 12.1 Å². The van der Waals surface area contributed by atoms with Gasteiger partial charge in [0.15, 0.2) is 0 Å². The number of carbonyl (C=O) groups is 1. The van der Waals surface area contributed by atoms with Crippen molar-refractivity contribution in [1.82, 2.24) is 15.4 Å². The molecule has 0 saturated carbocycles. The van der Waals surface area contributed by atoms with Crippen LogP contribution in [0.25, 0.3) is 0 Å². The van der Waals surface area contributed by atoms with Crippen molar-refractivity contribution < 1.29 is 9.72 Å². The molecule has 136 valence electrons. The summed E-state index contributed by atoms with van der Waals surface area (Å²) in [7, 11) is 0. The summed E-state index contributed by atoms with van der Waals surface area (Å²) < 4.78 is 0. The summed E-state index contributed by atoms with van der Waals surface area (Å²) in [5.41, 5.74) is 5.21. The number of rotatable bonds is 5. The van der Waals surface area contributed by atoms with E-state index in [1.165, 1.54) is 6.33 Å². The SMILES string of the molecule is CC1CCCCN1c1ncnc(NNC(=O)c2ccccc2)c1[N+](=O)[O-]. The van der Waals surface area contributed by atoms with Crippen LogP contribution in [-0.4, -0.2) is 33.4 Å². The van der Waals surface area contributed by atoms with Crippen LogP contribution >= 0.6 is 0 Å². The number of nitrogens with zero attached hydrogens (tertiary/aromatic N) is 4. The summed E-state index contributed by atoms with van der Waals surface area (Å²) >= 11 is 0. The molecule has 1 saturated heterocycles. The number of hydrogen-bond acceptors (Lipinski definition) is 7. The van der Waals surface area contributed by atoms with Crippen molar-refractivity contribution in [2.24, 2.45) is 0 Å². The molecule has 1 atom stereocenters. The zero-order valence-corrected chi connectivity index (χ0v) is 14.4. The van der Waals surface area contributed by atoms with Crippen LogP contribution in [0.5, 0.6) is 0 Å². The van der Waals surface area contributed by atoms with Gasteiger partial charge in [-0.1, -0.05) is 18.2 Å². The van der Waals surface area contributed by atoms with Crippen LogP contribution in [0.15, 0.2) is 36.7 Å². The number of anilines is 2. The van der Waals surface area contributed by atoms with Crippen molar-refractivity contribution >= 4 is 23.2 Å². The Balaban J connectivity index is 1.84. The Morgan fingerprint density at radius 1 is 1.27 bits per heavy atom. The van der Waals surface area contributed by atoms with E-state index in [1.807, 2.05) is 11.8 Å². The molecule has 1 aromatic carbocycles. The molecule has 9 nitrogen and oxygen atoms in total. The predicted octanol–water partition coefficient (Wildman–Crippen LogP) is 2.52. The van der Waals surface area contributed by atoms with E-state index < -0.39 is 10.8 Å². The van der Waals surface area contributed by atoms with Gasteiger partial charge in [-0.25, -0.2) is 9.97 Å². The standard InChI is InChI=1S/C17H20N6O3/c1-12-7-5-6-10-22(12)16-14(23(25)26)15(18-11-19-16)20-21-17(24)13-8-3-2-4-9-13/h2-4,8-9,11-12H,5-7,10H2,1H3,(H,21,24)(H,18,19,20). The summed E-state index contributed by atoms with van der Waals surface area (Å²) in [6, 6.07) is 8.71. The Labute approximate surface area is 150 Å². The molecule has 9 heteroatoms. The lowest BCUT2D eigenvalue weighted by Gasteiger charge is -2.33. The lowest BCUT2D eigenvalue weighted by atomic mass is 10.0. The van der Waals surface area contributed by atoms with E-state index in [2.05, 4.69) is 20.8 Å². The Morgan fingerprint density at radius 3 is 2.73 bits per heavy atom. The van der Waals surface area contributed by atoms with Crippen molar-refractivity contribution in [1.29, 1.82) is 0 Å². The van der Waals surface area contributed by atoms with Crippen molar-refractivity contribution in [3.63, 3.8) is 0 Å². The molecule has 26 heavy (non-hydrogen) atoms. The van der Waals surface area contributed by atoms with Crippen molar-refractivity contribution in [2.75, 3.05) is 16.9 Å². The maximum atomic E-state index is 12.1. The van der Waals surface area contributed by atoms with Crippen LogP contribution in [-0.2, 0) is 0 Å². The Bertz CT molecular complexity index is 798. The highest BCUT2D eigenvalue weighted by Crippen LogP contribution is 2.34. The van der Waals surface area contributed by atoms with E-state index in [0.717, 1.165) is 19.3 Å². The van der Waals surface area contributed by atoms with Crippen molar-refractivity contribution in [3.05, 3.63) is 52.3 Å². The molecule has 0 bridgehead atoms. The largest absolute Gasteiger partial charge is 0.355 e. The van der Waals surface area contributed by atoms with Crippen molar-refractivity contribution in [3.8, 4) is 0 Å². The van der Waals surface area contributed by atoms with Gasteiger partial charge in [0.2, 0.25) is 11.6 Å². The van der Waals surface area contributed by atoms with E-state index in [9.17, 15) is 14.9 Å². The predicted molar refractivity (Wildman–Crippen MR) is 96.9 cm³/mol. The molecule has 1 aliphatic heterocycles. The number of benzene rings is 1. The molecular weight excluding hydrogens is 336 g/mol. The van der Waals surface area contributed by atoms with Gasteiger partial charge in [0.1, 0.15) is 6.33 Å². The third kappa shape index (κ3) is 3.71. The summed E-state index contributed by atoms with van der Waals surface area (Å²) in [5.74, 6) is -0.179. The van der Waals surface area contributed by atoms with Gasteiger partial charge in [0, 0.05) is 18.2 Å². The summed E-state index contributed by atoms with van der Waals surface area (Å²) in [5, 5.41) is 11.7. The highest BCUT2D eigenvalue weighted by atomic mass is 16.6. The number of piperidine rings is 1. The normalized spacial score (nSPS) is 16.8. The maximum Gasteiger partial charge on any atom is 0.355 e. The molecule has 1 aromatic heterocycles. The Hall–Kier alpha value is -3.23. The number of amides is 1. The van der Waals surface area contributed by atoms with Gasteiger partial charge in [-0.15, -0.1) is 0 Å². The second-order valence-electron chi connectivity index (χ2n) is 6.13. The van der Waals surface area contributed by atoms with E-state index in [-0.39, 0.29) is 23.4 Å². The van der Waals surface area contributed by atoms with Crippen LogP contribution in [0.2, 0.25) is 0 Å². The number of nitrogens with one attached hydrogen (secondary N) is 2. The monoisotopic (exact) mass is 356 g/mol. The molecule has 1 amide bonds. The molecule has 0 spiro atoms. The minimum Gasteiger partial charge on any atom is -0.348 e. The third-order valence-corrected chi connectivity index (χ3v) is 4.39. The molecule has 1 fully saturated rings. The highest BCUT2D eigenvalue weighted by molar-refractivity contribution is 5.95. The molecule has 0 aliphatic carbocycles. The van der Waals surface area contributed by atoms with E-state index in [1.54, 1.807) is 30.3 Å². The van der Waals surface area contributed by atoms with Gasteiger partial charge in [-0.3, -0.25) is 25.8 Å². The van der Waals surface area contributed by atoms with E-state index in [4.69, 9.17) is 0 Å². The molecular formula is C17H20N6O3. The van der Waals surface area contributed by atoms with Crippen molar-refractivity contribution in [2.45, 2.75) is 32.2 Å². The van der Waals surface area contributed by atoms with Crippen LogP contribution in [0.4, 0.5) is 17.3 Å². The zero-order valence-electron chi connectivity index (χ0n) is 14.4. The lowest BCUT2D eigenvalue weighted by Crippen LogP contribution is -2.38. The zero-order chi connectivity index (χ0) is 18.5. The maximum absolute atomic E-state index is 12.1. The molecule has 1 unspecified atom stereocenters. The van der Waals surface area contributed by atoms with Crippen LogP contribution in [0, 0.1) is 10.1 Å². The number of nitro groups is 1. The third-order valence-electron chi connectivity index (χ3n) is 4.39. The van der Waals surface area contributed by atoms with Gasteiger partial charge >= 0.3 is 5.69 Å². The number of hydrazine groups is 1. The average molecular weight is 356 g/mol. The molecule has 1 aliphatic rings. The second kappa shape index (κ2) is 7.77. The minimum atomic E-state index is -0.520. The molecule has 3 rings (SSSR count). The van der Waals surface area contributed by atoms with E-state index >= 15 is 0 Å². The van der Waals surface area contributed by atoms with Crippen LogP contribution in [0.3, 0.4) is 0 Å². The second-order valence-corrected chi connectivity index (χ2v) is 6.13. The molecule has 2 heterocycles. The van der Waals surface area contributed by atoms with Gasteiger partial charge in [-0.2, -0.15) is 0 Å². The first-order valence-electron chi connectivity index (χ1n) is 8.45. The van der Waals surface area contributed by atoms with Gasteiger partial charge in [-0.05, 0) is 38.3 Å². The lowest BCUT2D eigenvalue weighted by molar-refractivity contribution is -0.383. The summed E-state index contributed by atoms with van der Waals surface area (Å²) in [6.45, 7) is 2.73. The first-order valence-corrected chi connectivity index (χ1v) is 8.45. The van der Waals surface area contributed by atoms with Gasteiger partial charge < -0.3 is 4.90 Å². The number of aromatic nitrogens is 2. The minimum absolute atomic E-state index is 0.0398. The number of carbonyl (C=O) groups excluding carboxylic acids is 1. The number of hydrogen-bond donors (Lipinski definition) is 2. The summed E-state index contributed by atoms with van der Waals surface area (Å²) in [6.07, 6.45) is 4.27. The molecule has 2 aromatic rings. The molecule has 0 radical (unpaired) electrons. The first-order chi connectivity index (χ1) is 12.6. The Kier molecular flexibility index (Phi) is 5.26. The highest BCUT2D eigenvalue weighted by Gasteiger charge is 2.30. The quantitative estimate of drug-likeness (QED) is 0.625. The van der Waals surface area contributed by atoms with Crippen LogP contribution < -0.4 is 15.8 Å². The van der Waals surface area contributed by atoms with Gasteiger partial charge in [0.05, 0.1) is 4.92 Å². The fourth-order valence-corrected chi connectivity index (χ4v) is 3.03. The summed E-state index contributed by atoms with van der Waals surface area (Å²) in [4.78, 5) is 33.3. The molecule has 2 N–H and O–H groups in total. The average Bonchev–Trinajstić information content (AvgIpc) is 2.66. The topological polar surface area (TPSA) is 113 Å². The van der Waals surface area contributed by atoms with Crippen LogP contribution in [0.1, 0.15) is 36.5 Å². The smallest absolute Gasteiger partial charge is 0.348 e. The first kappa shape index (κ1) is 17.6. The van der Waals surface area contributed by atoms with Gasteiger partial charge in [0.25, 0.3) is 5.91 Å².